The lowest BCUT2D eigenvalue weighted by atomic mass is 9.92. The molecule has 3 aromatic rings. The summed E-state index contributed by atoms with van der Waals surface area (Å²) in [6.07, 6.45) is 4.68. The second kappa shape index (κ2) is 10.0. The number of piperidine rings is 1. The smallest absolute Gasteiger partial charge is 0.255 e. The van der Waals surface area contributed by atoms with E-state index >= 15 is 0 Å². The molecule has 1 N–H and O–H groups in total. The van der Waals surface area contributed by atoms with Crippen molar-refractivity contribution >= 4 is 40.0 Å². The van der Waals surface area contributed by atoms with Gasteiger partial charge in [-0.05, 0) is 55.5 Å². The van der Waals surface area contributed by atoms with Gasteiger partial charge in [0.1, 0.15) is 5.75 Å². The molecule has 2 amide bonds. The molecule has 1 unspecified atom stereocenters. The number of hydrogen-bond acceptors (Lipinski definition) is 4. The van der Waals surface area contributed by atoms with Crippen molar-refractivity contribution in [3.8, 4) is 5.75 Å². The number of methoxy groups -OCH3 is 1. The zero-order valence-electron chi connectivity index (χ0n) is 18.0. The van der Waals surface area contributed by atoms with Crippen LogP contribution in [0.15, 0.2) is 54.7 Å². The summed E-state index contributed by atoms with van der Waals surface area (Å²) in [6, 6.07) is 14.8. The first kappa shape index (κ1) is 22.1. The highest BCUT2D eigenvalue weighted by molar-refractivity contribution is 6.31. The van der Waals surface area contributed by atoms with E-state index in [-0.39, 0.29) is 17.7 Å². The van der Waals surface area contributed by atoms with Crippen molar-refractivity contribution in [2.75, 3.05) is 25.5 Å². The van der Waals surface area contributed by atoms with Crippen LogP contribution in [0, 0.1) is 5.92 Å². The Morgan fingerprint density at radius 1 is 1.22 bits per heavy atom. The van der Waals surface area contributed by atoms with Crippen molar-refractivity contribution in [3.63, 3.8) is 0 Å². The van der Waals surface area contributed by atoms with Gasteiger partial charge in [0.25, 0.3) is 5.91 Å². The predicted octanol–water partition coefficient (Wildman–Crippen LogP) is 5.17. The van der Waals surface area contributed by atoms with Gasteiger partial charge in [0.15, 0.2) is 0 Å². The molecule has 0 saturated carbocycles. The molecule has 6 nitrogen and oxygen atoms in total. The van der Waals surface area contributed by atoms with Gasteiger partial charge in [0, 0.05) is 36.1 Å². The van der Waals surface area contributed by atoms with E-state index in [9.17, 15) is 9.59 Å². The maximum Gasteiger partial charge on any atom is 0.255 e. The molecule has 32 heavy (non-hydrogen) atoms. The number of halogens is 1. The van der Waals surface area contributed by atoms with E-state index in [2.05, 4.69) is 10.3 Å². The number of amides is 2. The quantitative estimate of drug-likeness (QED) is 0.561. The average molecular weight is 452 g/mol. The number of nitrogens with zero attached hydrogens (tertiary/aromatic N) is 2. The van der Waals surface area contributed by atoms with Crippen LogP contribution in [0.1, 0.15) is 36.0 Å². The number of carbonyl (C=O) groups is 2. The number of rotatable bonds is 6. The van der Waals surface area contributed by atoms with Crippen LogP contribution in [-0.2, 0) is 4.79 Å². The molecule has 1 fully saturated rings. The third-order valence-corrected chi connectivity index (χ3v) is 6.09. The van der Waals surface area contributed by atoms with E-state index < -0.39 is 0 Å². The molecule has 1 aliphatic rings. The molecule has 0 aliphatic carbocycles. The predicted molar refractivity (Wildman–Crippen MR) is 126 cm³/mol. The number of benzene rings is 2. The summed E-state index contributed by atoms with van der Waals surface area (Å²) in [5.41, 5.74) is 2.05. The van der Waals surface area contributed by atoms with Gasteiger partial charge in [-0.1, -0.05) is 29.8 Å². The average Bonchev–Trinajstić information content (AvgIpc) is 2.82. The molecule has 0 radical (unpaired) electrons. The Bertz CT molecular complexity index is 1130. The topological polar surface area (TPSA) is 71.5 Å². The van der Waals surface area contributed by atoms with Crippen molar-refractivity contribution < 1.29 is 14.3 Å². The molecule has 0 spiro atoms. The maximum atomic E-state index is 13.1. The number of hydrogen-bond donors (Lipinski definition) is 1. The molecular formula is C25H26ClN3O3. The second-order valence-electron chi connectivity index (χ2n) is 8.11. The number of anilines is 1. The van der Waals surface area contributed by atoms with Crippen LogP contribution in [0.5, 0.6) is 5.75 Å². The zero-order chi connectivity index (χ0) is 22.5. The van der Waals surface area contributed by atoms with Gasteiger partial charge in [-0.2, -0.15) is 0 Å². The molecule has 2 heterocycles. The third kappa shape index (κ3) is 5.19. The maximum absolute atomic E-state index is 13.1. The van der Waals surface area contributed by atoms with Crippen LogP contribution < -0.4 is 10.1 Å². The fourth-order valence-corrected chi connectivity index (χ4v) is 4.35. The van der Waals surface area contributed by atoms with E-state index in [4.69, 9.17) is 16.3 Å². The van der Waals surface area contributed by atoms with Crippen molar-refractivity contribution in [2.45, 2.75) is 25.7 Å². The first-order valence-corrected chi connectivity index (χ1v) is 11.2. The summed E-state index contributed by atoms with van der Waals surface area (Å²) < 4.78 is 5.28. The Labute approximate surface area is 192 Å². The first-order chi connectivity index (χ1) is 15.5. The minimum absolute atomic E-state index is 0.000989. The lowest BCUT2D eigenvalue weighted by Gasteiger charge is -2.32. The number of likely N-dealkylation sites (tertiary alicyclic amines) is 1. The van der Waals surface area contributed by atoms with E-state index in [0.29, 0.717) is 41.4 Å². The number of pyridine rings is 1. The van der Waals surface area contributed by atoms with Gasteiger partial charge in [0.05, 0.1) is 23.9 Å². The summed E-state index contributed by atoms with van der Waals surface area (Å²) >= 11 is 6.04. The number of nitrogens with one attached hydrogen (secondary N) is 1. The number of ether oxygens (including phenoxy) is 1. The fraction of sp³-hybridized carbons (Fsp3) is 0.320. The van der Waals surface area contributed by atoms with Crippen LogP contribution in [0.3, 0.4) is 0 Å². The van der Waals surface area contributed by atoms with Gasteiger partial charge >= 0.3 is 0 Å². The number of carbonyl (C=O) groups excluding carboxylic acids is 2. The third-order valence-electron chi connectivity index (χ3n) is 5.86. The van der Waals surface area contributed by atoms with Gasteiger partial charge in [-0.3, -0.25) is 14.6 Å². The van der Waals surface area contributed by atoms with Gasteiger partial charge in [0.2, 0.25) is 5.91 Å². The van der Waals surface area contributed by atoms with Crippen LogP contribution in [0.25, 0.3) is 10.9 Å². The summed E-state index contributed by atoms with van der Waals surface area (Å²) in [6.45, 7) is 1.38. The summed E-state index contributed by atoms with van der Waals surface area (Å²) in [4.78, 5) is 31.9. The van der Waals surface area contributed by atoms with Gasteiger partial charge < -0.3 is 15.0 Å². The molecule has 1 aliphatic heterocycles. The largest absolute Gasteiger partial charge is 0.495 e. The van der Waals surface area contributed by atoms with Crippen molar-refractivity contribution in [3.05, 3.63) is 65.3 Å². The van der Waals surface area contributed by atoms with Crippen molar-refractivity contribution in [1.82, 2.24) is 9.88 Å². The molecule has 7 heteroatoms. The van der Waals surface area contributed by atoms with E-state index in [0.717, 1.165) is 30.3 Å². The molecular weight excluding hydrogens is 426 g/mol. The Balaban J connectivity index is 1.34. The fourth-order valence-electron chi connectivity index (χ4n) is 4.18. The van der Waals surface area contributed by atoms with Crippen molar-refractivity contribution in [1.29, 1.82) is 0 Å². The van der Waals surface area contributed by atoms with E-state index in [1.54, 1.807) is 31.5 Å². The highest BCUT2D eigenvalue weighted by atomic mass is 35.5. The minimum atomic E-state index is -0.0901. The van der Waals surface area contributed by atoms with E-state index in [1.165, 1.54) is 0 Å². The summed E-state index contributed by atoms with van der Waals surface area (Å²) in [5, 5.41) is 4.37. The molecule has 1 aromatic heterocycles. The summed E-state index contributed by atoms with van der Waals surface area (Å²) in [5.74, 6) is 0.767. The Morgan fingerprint density at radius 2 is 2.06 bits per heavy atom. The number of para-hydroxylation sites is 1. The highest BCUT2D eigenvalue weighted by Crippen LogP contribution is 2.28. The normalized spacial score (nSPS) is 16.1. The zero-order valence-corrected chi connectivity index (χ0v) is 18.8. The molecule has 4 rings (SSSR count). The van der Waals surface area contributed by atoms with Gasteiger partial charge in [-0.15, -0.1) is 0 Å². The SMILES string of the molecule is COc1ccc(Cl)cc1NC(=O)CCC1CCCN(C(=O)c2cnc3ccccc3c2)C1. The van der Waals surface area contributed by atoms with Crippen LogP contribution >= 0.6 is 11.6 Å². The monoisotopic (exact) mass is 451 g/mol. The van der Waals surface area contributed by atoms with Crippen molar-refractivity contribution in [2.24, 2.45) is 5.92 Å². The van der Waals surface area contributed by atoms with Gasteiger partial charge in [-0.25, -0.2) is 0 Å². The van der Waals surface area contributed by atoms with Crippen LogP contribution in [0.2, 0.25) is 5.02 Å². The molecule has 0 bridgehead atoms. The lowest BCUT2D eigenvalue weighted by Crippen LogP contribution is -2.40. The van der Waals surface area contributed by atoms with Crippen LogP contribution in [-0.4, -0.2) is 41.9 Å². The van der Waals surface area contributed by atoms with Crippen LogP contribution in [0.4, 0.5) is 5.69 Å². The van der Waals surface area contributed by atoms with E-state index in [1.807, 2.05) is 35.2 Å². The number of fused-ring (bicyclic) bond motifs is 1. The minimum Gasteiger partial charge on any atom is -0.495 e. The lowest BCUT2D eigenvalue weighted by molar-refractivity contribution is -0.116. The molecule has 1 saturated heterocycles. The number of aromatic nitrogens is 1. The Kier molecular flexibility index (Phi) is 6.90. The highest BCUT2D eigenvalue weighted by Gasteiger charge is 2.25. The summed E-state index contributed by atoms with van der Waals surface area (Å²) in [7, 11) is 1.55. The Morgan fingerprint density at radius 3 is 2.91 bits per heavy atom. The second-order valence-corrected chi connectivity index (χ2v) is 8.54. The standard InChI is InChI=1S/C25H26ClN3O3/c1-32-23-10-9-20(26)14-22(23)28-24(30)11-8-17-5-4-12-29(16-17)25(31)19-13-18-6-2-3-7-21(18)27-15-19/h2-3,6-7,9-10,13-15,17H,4-5,8,11-12,16H2,1H3,(H,28,30). The molecule has 1 atom stereocenters. The molecule has 2 aromatic carbocycles. The first-order valence-electron chi connectivity index (χ1n) is 10.8. The molecule has 166 valence electrons. The Hall–Kier alpha value is -3.12.